The summed E-state index contributed by atoms with van der Waals surface area (Å²) in [5.41, 5.74) is 0.528. The van der Waals surface area contributed by atoms with Gasteiger partial charge in [0.05, 0.1) is 11.1 Å². The fourth-order valence-corrected chi connectivity index (χ4v) is 6.05. The fourth-order valence-electron chi connectivity index (χ4n) is 4.28. The van der Waals surface area contributed by atoms with Crippen LogP contribution in [0.3, 0.4) is 0 Å². The molecular weight excluding hydrogens is 474 g/mol. The summed E-state index contributed by atoms with van der Waals surface area (Å²) >= 11 is 6.32. The van der Waals surface area contributed by atoms with Crippen LogP contribution in [0.25, 0.3) is 0 Å². The molecule has 2 aromatic carbocycles. The molecule has 0 aromatic heterocycles. The van der Waals surface area contributed by atoms with Crippen molar-refractivity contribution in [2.24, 2.45) is 5.92 Å². The SMILES string of the molecule is O=C(Nc1ccc(OC2CCCC2)c(Cl)c1)C1CCN(S(=O)(=O)c2cc(F)ccc2F)CC1. The van der Waals surface area contributed by atoms with E-state index in [0.717, 1.165) is 42.1 Å². The lowest BCUT2D eigenvalue weighted by Gasteiger charge is -2.30. The van der Waals surface area contributed by atoms with Crippen molar-refractivity contribution in [2.45, 2.75) is 49.5 Å². The molecule has 1 amide bonds. The molecule has 0 spiro atoms. The van der Waals surface area contributed by atoms with Crippen molar-refractivity contribution < 1.29 is 26.7 Å². The minimum absolute atomic E-state index is 0.0330. The van der Waals surface area contributed by atoms with Crippen LogP contribution in [0.4, 0.5) is 14.5 Å². The Kier molecular flexibility index (Phi) is 7.21. The smallest absolute Gasteiger partial charge is 0.246 e. The first-order chi connectivity index (χ1) is 15.7. The second-order valence-corrected chi connectivity index (χ2v) is 10.7. The molecule has 0 unspecified atom stereocenters. The molecule has 0 atom stereocenters. The highest BCUT2D eigenvalue weighted by molar-refractivity contribution is 7.89. The van der Waals surface area contributed by atoms with E-state index in [1.165, 1.54) is 0 Å². The summed E-state index contributed by atoms with van der Waals surface area (Å²) in [7, 11) is -4.19. The maximum atomic E-state index is 14.0. The maximum Gasteiger partial charge on any atom is 0.246 e. The van der Waals surface area contributed by atoms with Gasteiger partial charge in [0.1, 0.15) is 22.3 Å². The standard InChI is InChI=1S/C23H25ClF2N2O4S/c24-19-14-17(6-8-21(19)32-18-3-1-2-4-18)27-23(29)15-9-11-28(12-10-15)33(30,31)22-13-16(25)5-7-20(22)26/h5-8,13-15,18H,1-4,9-12H2,(H,27,29). The molecule has 10 heteroatoms. The summed E-state index contributed by atoms with van der Waals surface area (Å²) < 4.78 is 59.9. The molecule has 1 aliphatic heterocycles. The Morgan fingerprint density at radius 1 is 1.03 bits per heavy atom. The number of carbonyl (C=O) groups excluding carboxylic acids is 1. The van der Waals surface area contributed by atoms with Crippen LogP contribution in [0.5, 0.6) is 5.75 Å². The molecule has 0 bridgehead atoms. The van der Waals surface area contributed by atoms with Crippen LogP contribution >= 0.6 is 11.6 Å². The summed E-state index contributed by atoms with van der Waals surface area (Å²) in [6, 6.07) is 7.42. The Hall–Kier alpha value is -2.23. The Morgan fingerprint density at radius 3 is 2.39 bits per heavy atom. The molecule has 1 aliphatic carbocycles. The molecule has 1 N–H and O–H groups in total. The third kappa shape index (κ3) is 5.47. The monoisotopic (exact) mass is 498 g/mol. The quantitative estimate of drug-likeness (QED) is 0.609. The molecule has 2 aliphatic rings. The third-order valence-corrected chi connectivity index (χ3v) is 8.34. The number of rotatable bonds is 6. The molecule has 33 heavy (non-hydrogen) atoms. The van der Waals surface area contributed by atoms with Crippen LogP contribution in [0, 0.1) is 17.6 Å². The number of nitrogens with zero attached hydrogens (tertiary/aromatic N) is 1. The van der Waals surface area contributed by atoms with Crippen molar-refractivity contribution in [1.29, 1.82) is 0 Å². The summed E-state index contributed by atoms with van der Waals surface area (Å²) in [6.07, 6.45) is 5.01. The molecule has 0 radical (unpaired) electrons. The lowest BCUT2D eigenvalue weighted by molar-refractivity contribution is -0.120. The Morgan fingerprint density at radius 2 is 1.73 bits per heavy atom. The van der Waals surface area contributed by atoms with Gasteiger partial charge in [-0.3, -0.25) is 4.79 Å². The number of carbonyl (C=O) groups is 1. The number of nitrogens with one attached hydrogen (secondary N) is 1. The van der Waals surface area contributed by atoms with Gasteiger partial charge in [0.15, 0.2) is 0 Å². The molecule has 4 rings (SSSR count). The average molecular weight is 499 g/mol. The number of halogens is 3. The van der Waals surface area contributed by atoms with Crippen molar-refractivity contribution in [3.8, 4) is 5.75 Å². The first-order valence-electron chi connectivity index (χ1n) is 11.0. The van der Waals surface area contributed by atoms with Gasteiger partial charge in [0.25, 0.3) is 0 Å². The minimum atomic E-state index is -4.19. The summed E-state index contributed by atoms with van der Waals surface area (Å²) in [4.78, 5) is 12.0. The van der Waals surface area contributed by atoms with Gasteiger partial charge in [-0.25, -0.2) is 17.2 Å². The lowest BCUT2D eigenvalue weighted by atomic mass is 9.97. The average Bonchev–Trinajstić information content (AvgIpc) is 3.30. The number of hydrogen-bond acceptors (Lipinski definition) is 4. The van der Waals surface area contributed by atoms with E-state index in [0.29, 0.717) is 22.5 Å². The first-order valence-corrected chi connectivity index (χ1v) is 12.8. The topological polar surface area (TPSA) is 75.7 Å². The third-order valence-electron chi connectivity index (χ3n) is 6.13. The Bertz CT molecular complexity index is 1130. The lowest BCUT2D eigenvalue weighted by Crippen LogP contribution is -2.41. The highest BCUT2D eigenvalue weighted by Gasteiger charge is 2.34. The molecule has 1 saturated heterocycles. The van der Waals surface area contributed by atoms with Crippen LogP contribution in [-0.2, 0) is 14.8 Å². The van der Waals surface area contributed by atoms with Gasteiger partial charge in [-0.2, -0.15) is 4.31 Å². The van der Waals surface area contributed by atoms with Crippen LogP contribution in [0.15, 0.2) is 41.3 Å². The number of benzene rings is 2. The highest BCUT2D eigenvalue weighted by Crippen LogP contribution is 2.32. The molecule has 6 nitrogen and oxygen atoms in total. The van der Waals surface area contributed by atoms with E-state index >= 15 is 0 Å². The maximum absolute atomic E-state index is 14.0. The normalized spacial score (nSPS) is 18.4. The van der Waals surface area contributed by atoms with Gasteiger partial charge in [-0.15, -0.1) is 0 Å². The zero-order valence-corrected chi connectivity index (χ0v) is 19.5. The molecule has 2 aromatic rings. The molecule has 178 valence electrons. The Balaban J connectivity index is 1.35. The van der Waals surface area contributed by atoms with Crippen molar-refractivity contribution in [2.75, 3.05) is 18.4 Å². The molecule has 2 fully saturated rings. The van der Waals surface area contributed by atoms with E-state index in [1.54, 1.807) is 18.2 Å². The van der Waals surface area contributed by atoms with Gasteiger partial charge in [0.2, 0.25) is 15.9 Å². The van der Waals surface area contributed by atoms with Crippen molar-refractivity contribution in [1.82, 2.24) is 4.31 Å². The second kappa shape index (κ2) is 9.95. The van der Waals surface area contributed by atoms with Gasteiger partial charge in [-0.1, -0.05) is 11.6 Å². The van der Waals surface area contributed by atoms with Gasteiger partial charge in [0, 0.05) is 24.7 Å². The van der Waals surface area contributed by atoms with Crippen LogP contribution in [-0.4, -0.2) is 37.8 Å². The number of sulfonamides is 1. The molecule has 1 heterocycles. The summed E-state index contributed by atoms with van der Waals surface area (Å²) in [5, 5.41) is 3.23. The Labute approximate surface area is 196 Å². The van der Waals surface area contributed by atoms with Crippen LogP contribution < -0.4 is 10.1 Å². The van der Waals surface area contributed by atoms with Crippen molar-refractivity contribution in [3.05, 3.63) is 53.1 Å². The van der Waals surface area contributed by atoms with Crippen molar-refractivity contribution >= 4 is 33.2 Å². The minimum Gasteiger partial charge on any atom is -0.489 e. The van der Waals surface area contributed by atoms with E-state index in [2.05, 4.69) is 5.32 Å². The summed E-state index contributed by atoms with van der Waals surface area (Å²) in [5.74, 6) is -1.91. The van der Waals surface area contributed by atoms with Gasteiger partial charge in [-0.05, 0) is 74.9 Å². The molecule has 1 saturated carbocycles. The van der Waals surface area contributed by atoms with E-state index in [4.69, 9.17) is 16.3 Å². The number of ether oxygens (including phenoxy) is 1. The number of piperidine rings is 1. The predicted octanol–water partition coefficient (Wildman–Crippen LogP) is 4.98. The van der Waals surface area contributed by atoms with Crippen LogP contribution in [0.2, 0.25) is 5.02 Å². The first kappa shape index (κ1) is 23.9. The number of anilines is 1. The van der Waals surface area contributed by atoms with Crippen molar-refractivity contribution in [3.63, 3.8) is 0 Å². The second-order valence-electron chi connectivity index (χ2n) is 8.41. The fraction of sp³-hybridized carbons (Fsp3) is 0.435. The largest absolute Gasteiger partial charge is 0.489 e. The van der Waals surface area contributed by atoms with E-state index in [-0.39, 0.29) is 37.9 Å². The number of hydrogen-bond donors (Lipinski definition) is 1. The zero-order valence-electron chi connectivity index (χ0n) is 17.9. The summed E-state index contributed by atoms with van der Waals surface area (Å²) in [6.45, 7) is 0.0661. The van der Waals surface area contributed by atoms with E-state index in [1.807, 2.05) is 0 Å². The number of amides is 1. The van der Waals surface area contributed by atoms with E-state index < -0.39 is 32.5 Å². The van der Waals surface area contributed by atoms with Gasteiger partial charge >= 0.3 is 0 Å². The zero-order chi connectivity index (χ0) is 23.6. The van der Waals surface area contributed by atoms with E-state index in [9.17, 15) is 22.0 Å². The van der Waals surface area contributed by atoms with Gasteiger partial charge < -0.3 is 10.1 Å². The highest BCUT2D eigenvalue weighted by atomic mass is 35.5. The van der Waals surface area contributed by atoms with Crippen LogP contribution in [0.1, 0.15) is 38.5 Å². The predicted molar refractivity (Wildman–Crippen MR) is 121 cm³/mol. The molecular formula is C23H25ClF2N2O4S.